The van der Waals surface area contributed by atoms with E-state index in [0.29, 0.717) is 5.69 Å². The highest BCUT2D eigenvalue weighted by molar-refractivity contribution is 9.10. The van der Waals surface area contributed by atoms with Crippen LogP contribution in [0.1, 0.15) is 0 Å². The molecule has 5 N–H and O–H groups in total. The van der Waals surface area contributed by atoms with E-state index in [1.807, 2.05) is 12.1 Å². The van der Waals surface area contributed by atoms with Crippen molar-refractivity contribution in [1.29, 1.82) is 0 Å². The molecule has 0 spiro atoms. The van der Waals surface area contributed by atoms with Gasteiger partial charge in [0, 0.05) is 10.2 Å². The van der Waals surface area contributed by atoms with E-state index < -0.39 is 37.3 Å². The van der Waals surface area contributed by atoms with Crippen molar-refractivity contribution in [2.45, 2.75) is 30.6 Å². The maximum absolute atomic E-state index is 9.85. The molecule has 6 nitrogen and oxygen atoms in total. The summed E-state index contributed by atoms with van der Waals surface area (Å²) in [6, 6.07) is 7.16. The summed E-state index contributed by atoms with van der Waals surface area (Å²) < 4.78 is 6.24. The molecular formula is C12H16BrNO5. The third-order valence-electron chi connectivity index (χ3n) is 3.05. The first-order valence-electron chi connectivity index (χ1n) is 5.85. The molecule has 1 heterocycles. The molecule has 19 heavy (non-hydrogen) atoms. The zero-order chi connectivity index (χ0) is 14.0. The SMILES string of the molecule is OCC1OC(Nc2ccc(Br)cc2)C(O)C(O)C1O. The van der Waals surface area contributed by atoms with Crippen LogP contribution in [0, 0.1) is 0 Å². The molecule has 1 aliphatic rings. The van der Waals surface area contributed by atoms with Crippen LogP contribution in [0.3, 0.4) is 0 Å². The summed E-state index contributed by atoms with van der Waals surface area (Å²) in [5, 5.41) is 41.1. The minimum absolute atomic E-state index is 0.441. The van der Waals surface area contributed by atoms with E-state index in [-0.39, 0.29) is 0 Å². The Hall–Kier alpha value is -0.700. The van der Waals surface area contributed by atoms with Gasteiger partial charge in [0.1, 0.15) is 24.4 Å². The largest absolute Gasteiger partial charge is 0.394 e. The van der Waals surface area contributed by atoms with Crippen LogP contribution in [-0.4, -0.2) is 57.7 Å². The molecule has 0 aliphatic carbocycles. The molecule has 1 saturated heterocycles. The Kier molecular flexibility index (Phi) is 4.77. The van der Waals surface area contributed by atoms with E-state index >= 15 is 0 Å². The summed E-state index contributed by atoms with van der Waals surface area (Å²) in [7, 11) is 0. The van der Waals surface area contributed by atoms with E-state index in [2.05, 4.69) is 21.2 Å². The molecule has 0 amide bonds. The number of anilines is 1. The van der Waals surface area contributed by atoms with Gasteiger partial charge in [-0.05, 0) is 24.3 Å². The number of hydrogen-bond acceptors (Lipinski definition) is 6. The number of halogens is 1. The predicted octanol–water partition coefficient (Wildman–Crippen LogP) is -0.339. The molecule has 106 valence electrons. The van der Waals surface area contributed by atoms with Crippen molar-refractivity contribution in [2.24, 2.45) is 0 Å². The van der Waals surface area contributed by atoms with Gasteiger partial charge < -0.3 is 30.5 Å². The van der Waals surface area contributed by atoms with E-state index in [4.69, 9.17) is 9.84 Å². The third kappa shape index (κ3) is 3.25. The summed E-state index contributed by atoms with van der Waals surface area (Å²) in [4.78, 5) is 0. The number of aliphatic hydroxyl groups is 4. The summed E-state index contributed by atoms with van der Waals surface area (Å²) in [6.45, 7) is -0.441. The summed E-state index contributed by atoms with van der Waals surface area (Å²) in [6.07, 6.45) is -5.83. The molecule has 5 unspecified atom stereocenters. The van der Waals surface area contributed by atoms with Crippen molar-refractivity contribution in [3.05, 3.63) is 28.7 Å². The maximum atomic E-state index is 9.85. The first-order valence-corrected chi connectivity index (χ1v) is 6.65. The molecule has 7 heteroatoms. The maximum Gasteiger partial charge on any atom is 0.157 e. The lowest BCUT2D eigenvalue weighted by Gasteiger charge is -2.40. The average molecular weight is 334 g/mol. The van der Waals surface area contributed by atoms with Gasteiger partial charge in [0.05, 0.1) is 6.61 Å². The van der Waals surface area contributed by atoms with Crippen molar-refractivity contribution >= 4 is 21.6 Å². The van der Waals surface area contributed by atoms with Crippen LogP contribution in [0.5, 0.6) is 0 Å². The average Bonchev–Trinajstić information content (AvgIpc) is 2.42. The quantitative estimate of drug-likeness (QED) is 0.518. The highest BCUT2D eigenvalue weighted by atomic mass is 79.9. The van der Waals surface area contributed by atoms with Gasteiger partial charge in [0.25, 0.3) is 0 Å². The first-order chi connectivity index (χ1) is 9.02. The number of nitrogens with one attached hydrogen (secondary N) is 1. The molecule has 0 saturated carbocycles. The molecule has 0 aromatic heterocycles. The Bertz CT molecular complexity index is 413. The second-order valence-corrected chi connectivity index (χ2v) is 5.32. The fraction of sp³-hybridized carbons (Fsp3) is 0.500. The van der Waals surface area contributed by atoms with Crippen molar-refractivity contribution in [1.82, 2.24) is 0 Å². The second-order valence-electron chi connectivity index (χ2n) is 4.40. The third-order valence-corrected chi connectivity index (χ3v) is 3.57. The molecule has 1 aliphatic heterocycles. The first kappa shape index (κ1) is 14.7. The van der Waals surface area contributed by atoms with Gasteiger partial charge in [-0.15, -0.1) is 0 Å². The molecule has 1 aromatic carbocycles. The van der Waals surface area contributed by atoms with Crippen molar-refractivity contribution in [2.75, 3.05) is 11.9 Å². The van der Waals surface area contributed by atoms with Gasteiger partial charge in [0.2, 0.25) is 0 Å². The van der Waals surface area contributed by atoms with Gasteiger partial charge in [-0.2, -0.15) is 0 Å². The van der Waals surface area contributed by atoms with E-state index in [0.717, 1.165) is 4.47 Å². The van der Waals surface area contributed by atoms with Crippen LogP contribution in [0.4, 0.5) is 5.69 Å². The number of rotatable bonds is 3. The Morgan fingerprint density at radius 1 is 1.05 bits per heavy atom. The monoisotopic (exact) mass is 333 g/mol. The van der Waals surface area contributed by atoms with Gasteiger partial charge in [0.15, 0.2) is 6.23 Å². The lowest BCUT2D eigenvalue weighted by atomic mass is 9.98. The summed E-state index contributed by atoms with van der Waals surface area (Å²) in [5.74, 6) is 0. The standard InChI is InChI=1S/C12H16BrNO5/c13-6-1-3-7(4-2-6)14-12-11(18)10(17)9(16)8(5-15)19-12/h1-4,8-12,14-18H,5H2. The molecule has 1 aromatic rings. The topological polar surface area (TPSA) is 102 Å². The van der Waals surface area contributed by atoms with Gasteiger partial charge in [-0.1, -0.05) is 15.9 Å². The Morgan fingerprint density at radius 3 is 2.26 bits per heavy atom. The molecule has 5 atom stereocenters. The zero-order valence-corrected chi connectivity index (χ0v) is 11.6. The van der Waals surface area contributed by atoms with Crippen LogP contribution in [0.25, 0.3) is 0 Å². The zero-order valence-electron chi connectivity index (χ0n) is 9.98. The molecule has 2 rings (SSSR count). The molecular weight excluding hydrogens is 318 g/mol. The summed E-state index contributed by atoms with van der Waals surface area (Å²) in [5.41, 5.74) is 0.688. The molecule has 1 fully saturated rings. The lowest BCUT2D eigenvalue weighted by molar-refractivity contribution is -0.221. The van der Waals surface area contributed by atoms with Crippen molar-refractivity contribution in [3.63, 3.8) is 0 Å². The number of aliphatic hydroxyl groups excluding tert-OH is 4. The molecule has 0 bridgehead atoms. The fourth-order valence-electron chi connectivity index (χ4n) is 1.93. The van der Waals surface area contributed by atoms with Crippen molar-refractivity contribution in [3.8, 4) is 0 Å². The van der Waals surface area contributed by atoms with Gasteiger partial charge >= 0.3 is 0 Å². The van der Waals surface area contributed by atoms with E-state index in [9.17, 15) is 15.3 Å². The highest BCUT2D eigenvalue weighted by Crippen LogP contribution is 2.23. The van der Waals surface area contributed by atoms with Crippen LogP contribution < -0.4 is 5.32 Å². The molecule has 0 radical (unpaired) electrons. The Balaban J connectivity index is 2.08. The minimum atomic E-state index is -1.38. The van der Waals surface area contributed by atoms with Gasteiger partial charge in [-0.25, -0.2) is 0 Å². The highest BCUT2D eigenvalue weighted by Gasteiger charge is 2.43. The number of benzene rings is 1. The Labute approximate surface area is 118 Å². The van der Waals surface area contributed by atoms with E-state index in [1.54, 1.807) is 12.1 Å². The lowest BCUT2D eigenvalue weighted by Crippen LogP contribution is -2.60. The Morgan fingerprint density at radius 2 is 1.68 bits per heavy atom. The van der Waals surface area contributed by atoms with Crippen molar-refractivity contribution < 1.29 is 25.2 Å². The predicted molar refractivity (Wildman–Crippen MR) is 71.5 cm³/mol. The van der Waals surface area contributed by atoms with E-state index in [1.165, 1.54) is 0 Å². The number of hydrogen-bond donors (Lipinski definition) is 5. The van der Waals surface area contributed by atoms with Crippen LogP contribution in [0.2, 0.25) is 0 Å². The smallest absolute Gasteiger partial charge is 0.157 e. The van der Waals surface area contributed by atoms with Crippen LogP contribution in [0.15, 0.2) is 28.7 Å². The second kappa shape index (κ2) is 6.17. The number of ether oxygens (including phenoxy) is 1. The summed E-state index contributed by atoms with van der Waals surface area (Å²) >= 11 is 3.31. The van der Waals surface area contributed by atoms with Crippen LogP contribution in [-0.2, 0) is 4.74 Å². The fourth-order valence-corrected chi connectivity index (χ4v) is 2.20. The minimum Gasteiger partial charge on any atom is -0.394 e. The van der Waals surface area contributed by atoms with Gasteiger partial charge in [-0.3, -0.25) is 0 Å². The normalized spacial score (nSPS) is 35.1. The van der Waals surface area contributed by atoms with Crippen LogP contribution >= 0.6 is 15.9 Å².